The third-order valence-corrected chi connectivity index (χ3v) is 2.91. The van der Waals surface area contributed by atoms with Crippen molar-refractivity contribution in [2.45, 2.75) is 0 Å². The summed E-state index contributed by atoms with van der Waals surface area (Å²) in [5, 5.41) is 4.81. The van der Waals surface area contributed by atoms with Crippen molar-refractivity contribution in [2.75, 3.05) is 19.5 Å². The number of benzene rings is 2. The first-order valence-corrected chi connectivity index (χ1v) is 6.53. The Morgan fingerprint density at radius 2 is 1.59 bits per heavy atom. The summed E-state index contributed by atoms with van der Waals surface area (Å²) in [4.78, 5) is 23.7. The summed E-state index contributed by atoms with van der Waals surface area (Å²) in [5.41, 5.74) is 0.890. The van der Waals surface area contributed by atoms with Gasteiger partial charge < -0.3 is 14.8 Å². The van der Waals surface area contributed by atoms with E-state index in [2.05, 4.69) is 10.6 Å². The summed E-state index contributed by atoms with van der Waals surface area (Å²) in [5.74, 6) is 0.750. The van der Waals surface area contributed by atoms with E-state index < -0.39 is 11.9 Å². The maximum absolute atomic E-state index is 11.9. The number of urea groups is 1. The Hall–Kier alpha value is -3.02. The van der Waals surface area contributed by atoms with E-state index in [0.717, 1.165) is 0 Å². The minimum atomic E-state index is -0.617. The smallest absolute Gasteiger partial charge is 0.326 e. The van der Waals surface area contributed by atoms with Crippen LogP contribution in [0.2, 0.25) is 0 Å². The molecule has 2 aromatic carbocycles. The molecule has 0 bridgehead atoms. The van der Waals surface area contributed by atoms with Gasteiger partial charge in [0.15, 0.2) is 0 Å². The minimum absolute atomic E-state index is 0.363. The molecule has 0 unspecified atom stereocenters. The lowest BCUT2D eigenvalue weighted by atomic mass is 10.2. The molecule has 0 radical (unpaired) electrons. The van der Waals surface area contributed by atoms with Crippen LogP contribution >= 0.6 is 0 Å². The third kappa shape index (κ3) is 3.99. The molecule has 0 spiro atoms. The highest BCUT2D eigenvalue weighted by molar-refractivity contribution is 6.08. The minimum Gasteiger partial charge on any atom is -0.497 e. The second kappa shape index (κ2) is 7.12. The van der Waals surface area contributed by atoms with Crippen LogP contribution in [0.4, 0.5) is 10.5 Å². The summed E-state index contributed by atoms with van der Waals surface area (Å²) in [6, 6.07) is 12.7. The number of methoxy groups -OCH3 is 2. The summed E-state index contributed by atoms with van der Waals surface area (Å²) in [6.07, 6.45) is 0. The zero-order valence-corrected chi connectivity index (χ0v) is 12.3. The standard InChI is InChI=1S/C16H16N2O4/c1-21-13-8-6-11(7-9-13)15(19)18-16(20)17-12-4-3-5-14(10-12)22-2/h3-10H,1-2H3,(H2,17,18,19,20). The van der Waals surface area contributed by atoms with Gasteiger partial charge in [-0.15, -0.1) is 0 Å². The normalized spacial score (nSPS) is 9.73. The van der Waals surface area contributed by atoms with Crippen LogP contribution in [0.15, 0.2) is 48.5 Å². The van der Waals surface area contributed by atoms with Crippen LogP contribution in [0.3, 0.4) is 0 Å². The molecule has 2 N–H and O–H groups in total. The SMILES string of the molecule is COc1ccc(C(=O)NC(=O)Nc2cccc(OC)c2)cc1. The van der Waals surface area contributed by atoms with E-state index in [1.807, 2.05) is 0 Å². The number of rotatable bonds is 4. The molecule has 114 valence electrons. The zero-order valence-electron chi connectivity index (χ0n) is 12.3. The monoisotopic (exact) mass is 300 g/mol. The summed E-state index contributed by atoms with van der Waals surface area (Å²) in [6.45, 7) is 0. The molecular formula is C16H16N2O4. The van der Waals surface area contributed by atoms with Gasteiger partial charge in [0.25, 0.3) is 5.91 Å². The highest BCUT2D eigenvalue weighted by Gasteiger charge is 2.10. The van der Waals surface area contributed by atoms with Crippen molar-refractivity contribution in [3.8, 4) is 11.5 Å². The molecule has 0 fully saturated rings. The first-order valence-electron chi connectivity index (χ1n) is 6.53. The Kier molecular flexibility index (Phi) is 4.98. The van der Waals surface area contributed by atoms with Crippen LogP contribution in [0.1, 0.15) is 10.4 Å². The predicted octanol–water partition coefficient (Wildman–Crippen LogP) is 2.67. The van der Waals surface area contributed by atoms with Crippen molar-refractivity contribution in [2.24, 2.45) is 0 Å². The second-order valence-electron chi connectivity index (χ2n) is 4.37. The van der Waals surface area contributed by atoms with Gasteiger partial charge in [-0.2, -0.15) is 0 Å². The van der Waals surface area contributed by atoms with E-state index in [4.69, 9.17) is 9.47 Å². The number of nitrogens with one attached hydrogen (secondary N) is 2. The zero-order chi connectivity index (χ0) is 15.9. The van der Waals surface area contributed by atoms with Gasteiger partial charge in [-0.3, -0.25) is 10.1 Å². The van der Waals surface area contributed by atoms with Gasteiger partial charge in [0.05, 0.1) is 14.2 Å². The van der Waals surface area contributed by atoms with Crippen molar-refractivity contribution < 1.29 is 19.1 Å². The molecule has 22 heavy (non-hydrogen) atoms. The highest BCUT2D eigenvalue weighted by Crippen LogP contribution is 2.16. The maximum Gasteiger partial charge on any atom is 0.326 e. The van der Waals surface area contributed by atoms with Crippen molar-refractivity contribution in [3.63, 3.8) is 0 Å². The Balaban J connectivity index is 1.96. The van der Waals surface area contributed by atoms with E-state index in [9.17, 15) is 9.59 Å². The largest absolute Gasteiger partial charge is 0.497 e. The van der Waals surface area contributed by atoms with Gasteiger partial charge in [-0.1, -0.05) is 6.07 Å². The average molecular weight is 300 g/mol. The number of hydrogen-bond donors (Lipinski definition) is 2. The van der Waals surface area contributed by atoms with Gasteiger partial charge in [0.2, 0.25) is 0 Å². The topological polar surface area (TPSA) is 76.7 Å². The average Bonchev–Trinajstić information content (AvgIpc) is 2.55. The summed E-state index contributed by atoms with van der Waals surface area (Å²) >= 11 is 0. The lowest BCUT2D eigenvalue weighted by Crippen LogP contribution is -2.34. The van der Waals surface area contributed by atoms with Gasteiger partial charge in [0, 0.05) is 17.3 Å². The van der Waals surface area contributed by atoms with Gasteiger partial charge in [0.1, 0.15) is 11.5 Å². The van der Waals surface area contributed by atoms with E-state index in [0.29, 0.717) is 22.7 Å². The number of amides is 3. The molecule has 2 aromatic rings. The fourth-order valence-electron chi connectivity index (χ4n) is 1.78. The molecule has 0 heterocycles. The van der Waals surface area contributed by atoms with Crippen molar-refractivity contribution >= 4 is 17.6 Å². The van der Waals surface area contributed by atoms with E-state index >= 15 is 0 Å². The van der Waals surface area contributed by atoms with Crippen LogP contribution in [-0.4, -0.2) is 26.2 Å². The Morgan fingerprint density at radius 1 is 0.909 bits per heavy atom. The van der Waals surface area contributed by atoms with Crippen molar-refractivity contribution in [1.29, 1.82) is 0 Å². The number of anilines is 1. The number of hydrogen-bond acceptors (Lipinski definition) is 4. The predicted molar refractivity (Wildman–Crippen MR) is 82.5 cm³/mol. The van der Waals surface area contributed by atoms with Crippen LogP contribution in [0.25, 0.3) is 0 Å². The van der Waals surface area contributed by atoms with Gasteiger partial charge in [-0.05, 0) is 36.4 Å². The Morgan fingerprint density at radius 3 is 2.23 bits per heavy atom. The van der Waals surface area contributed by atoms with Crippen LogP contribution in [0, 0.1) is 0 Å². The first kappa shape index (κ1) is 15.4. The van der Waals surface area contributed by atoms with Crippen LogP contribution in [0.5, 0.6) is 11.5 Å². The van der Waals surface area contributed by atoms with Gasteiger partial charge in [-0.25, -0.2) is 4.79 Å². The summed E-state index contributed by atoms with van der Waals surface area (Å²) in [7, 11) is 3.07. The third-order valence-electron chi connectivity index (χ3n) is 2.91. The fraction of sp³-hybridized carbons (Fsp3) is 0.125. The number of carbonyl (C=O) groups excluding carboxylic acids is 2. The molecule has 0 saturated heterocycles. The molecule has 6 nitrogen and oxygen atoms in total. The second-order valence-corrected chi connectivity index (χ2v) is 4.37. The lowest BCUT2D eigenvalue weighted by molar-refractivity contribution is 0.0967. The highest BCUT2D eigenvalue weighted by atomic mass is 16.5. The van der Waals surface area contributed by atoms with Gasteiger partial charge >= 0.3 is 6.03 Å². The van der Waals surface area contributed by atoms with E-state index in [1.54, 1.807) is 48.5 Å². The number of ether oxygens (including phenoxy) is 2. The molecular weight excluding hydrogens is 284 g/mol. The number of carbonyl (C=O) groups is 2. The molecule has 2 rings (SSSR count). The lowest BCUT2D eigenvalue weighted by Gasteiger charge is -2.08. The van der Waals surface area contributed by atoms with E-state index in [-0.39, 0.29) is 0 Å². The first-order chi connectivity index (χ1) is 10.6. The molecule has 3 amide bonds. The van der Waals surface area contributed by atoms with Crippen molar-refractivity contribution in [1.82, 2.24) is 5.32 Å². The van der Waals surface area contributed by atoms with Crippen molar-refractivity contribution in [3.05, 3.63) is 54.1 Å². The van der Waals surface area contributed by atoms with E-state index in [1.165, 1.54) is 14.2 Å². The molecule has 0 aliphatic carbocycles. The Bertz CT molecular complexity index is 668. The Labute approximate surface area is 128 Å². The number of imide groups is 1. The summed E-state index contributed by atoms with van der Waals surface area (Å²) < 4.78 is 10.1. The molecule has 6 heteroatoms. The fourth-order valence-corrected chi connectivity index (χ4v) is 1.78. The molecule has 0 aliphatic heterocycles. The van der Waals surface area contributed by atoms with Crippen LogP contribution < -0.4 is 20.1 Å². The molecule has 0 saturated carbocycles. The maximum atomic E-state index is 11.9. The molecule has 0 aliphatic rings. The quantitative estimate of drug-likeness (QED) is 0.910. The molecule has 0 atom stereocenters. The molecule has 0 aromatic heterocycles. The van der Waals surface area contributed by atoms with Crippen LogP contribution in [-0.2, 0) is 0 Å².